The molecule has 2 aromatic carbocycles. The molecule has 0 aliphatic carbocycles. The number of benzene rings is 2. The summed E-state index contributed by atoms with van der Waals surface area (Å²) in [7, 11) is 0. The minimum Gasteiger partial charge on any atom is -0.481 e. The van der Waals surface area contributed by atoms with Crippen molar-refractivity contribution in [1.82, 2.24) is 4.90 Å². The largest absolute Gasteiger partial charge is 0.481 e. The van der Waals surface area contributed by atoms with Gasteiger partial charge in [0.05, 0.1) is 12.0 Å². The van der Waals surface area contributed by atoms with Gasteiger partial charge in [0, 0.05) is 0 Å². The van der Waals surface area contributed by atoms with Crippen molar-refractivity contribution < 1.29 is 14.3 Å². The first-order valence-electron chi connectivity index (χ1n) is 8.74. The van der Waals surface area contributed by atoms with Crippen LogP contribution < -0.4 is 0 Å². The van der Waals surface area contributed by atoms with Gasteiger partial charge in [-0.3, -0.25) is 9.69 Å². The minimum absolute atomic E-state index is 0.0518. The molecule has 2 aromatic rings. The molecular weight excluding hydrogens is 317 g/mol. The Morgan fingerprint density at radius 2 is 1.72 bits per heavy atom. The van der Waals surface area contributed by atoms with Crippen molar-refractivity contribution in [2.75, 3.05) is 13.1 Å². The van der Waals surface area contributed by atoms with Gasteiger partial charge in [0.2, 0.25) is 0 Å². The number of carboxylic acids is 1. The van der Waals surface area contributed by atoms with E-state index in [1.54, 1.807) is 12.1 Å². The summed E-state index contributed by atoms with van der Waals surface area (Å²) in [5.41, 5.74) is 4.41. The molecule has 4 heteroatoms. The van der Waals surface area contributed by atoms with E-state index in [4.69, 9.17) is 0 Å². The molecule has 1 aliphatic rings. The van der Waals surface area contributed by atoms with E-state index in [1.807, 2.05) is 6.07 Å². The molecule has 0 aromatic heterocycles. The Labute approximate surface area is 148 Å². The molecule has 1 unspecified atom stereocenters. The van der Waals surface area contributed by atoms with Gasteiger partial charge in [0.15, 0.2) is 0 Å². The summed E-state index contributed by atoms with van der Waals surface area (Å²) < 4.78 is 13.8. The Morgan fingerprint density at radius 3 is 2.28 bits per heavy atom. The molecule has 1 heterocycles. The number of aliphatic carboxylic acids is 1. The maximum absolute atomic E-state index is 13.8. The number of halogens is 1. The lowest BCUT2D eigenvalue weighted by molar-refractivity contribution is -0.143. The molecule has 0 spiro atoms. The molecule has 1 saturated heterocycles. The fourth-order valence-corrected chi connectivity index (χ4v) is 3.86. The SMILES string of the molecule is Cc1cc(C)cc(C(c2cccc(F)c2)N2CCC(C(=O)O)CC2)c1. The van der Waals surface area contributed by atoms with E-state index in [0.29, 0.717) is 25.9 Å². The van der Waals surface area contributed by atoms with Crippen molar-refractivity contribution in [2.24, 2.45) is 5.92 Å². The van der Waals surface area contributed by atoms with Crippen molar-refractivity contribution in [3.05, 3.63) is 70.5 Å². The maximum atomic E-state index is 13.8. The van der Waals surface area contributed by atoms with Crippen LogP contribution in [0.1, 0.15) is 41.1 Å². The summed E-state index contributed by atoms with van der Waals surface area (Å²) in [6.07, 6.45) is 1.26. The summed E-state index contributed by atoms with van der Waals surface area (Å²) in [6, 6.07) is 13.1. The number of hydrogen-bond acceptors (Lipinski definition) is 2. The third-order valence-corrected chi connectivity index (χ3v) is 4.97. The van der Waals surface area contributed by atoms with Crippen LogP contribution in [0.3, 0.4) is 0 Å². The van der Waals surface area contributed by atoms with Crippen molar-refractivity contribution in [1.29, 1.82) is 0 Å². The molecule has 132 valence electrons. The lowest BCUT2D eigenvalue weighted by atomic mass is 9.90. The highest BCUT2D eigenvalue weighted by molar-refractivity contribution is 5.70. The van der Waals surface area contributed by atoms with Crippen LogP contribution in [0.25, 0.3) is 0 Å². The Balaban J connectivity index is 1.96. The van der Waals surface area contributed by atoms with Crippen LogP contribution >= 0.6 is 0 Å². The van der Waals surface area contributed by atoms with E-state index < -0.39 is 5.97 Å². The molecule has 1 N–H and O–H groups in total. The summed E-state index contributed by atoms with van der Waals surface area (Å²) in [5, 5.41) is 9.24. The second-order valence-electron chi connectivity index (χ2n) is 7.03. The molecule has 0 amide bonds. The van der Waals surface area contributed by atoms with Crippen molar-refractivity contribution in [2.45, 2.75) is 32.7 Å². The van der Waals surface area contributed by atoms with Crippen LogP contribution in [0.4, 0.5) is 4.39 Å². The van der Waals surface area contributed by atoms with E-state index in [2.05, 4.69) is 36.9 Å². The van der Waals surface area contributed by atoms with E-state index >= 15 is 0 Å². The van der Waals surface area contributed by atoms with Gasteiger partial charge in [-0.1, -0.05) is 41.5 Å². The standard InChI is InChI=1S/C21H24FNO2/c1-14-10-15(2)12-18(11-14)20(17-4-3-5-19(22)13-17)23-8-6-16(7-9-23)21(24)25/h3-5,10-13,16,20H,6-9H2,1-2H3,(H,24,25). The van der Waals surface area contributed by atoms with Gasteiger partial charge in [-0.25, -0.2) is 4.39 Å². The van der Waals surface area contributed by atoms with Gasteiger partial charge >= 0.3 is 5.97 Å². The van der Waals surface area contributed by atoms with Crippen molar-refractivity contribution in [3.63, 3.8) is 0 Å². The fourth-order valence-electron chi connectivity index (χ4n) is 3.86. The predicted molar refractivity (Wildman–Crippen MR) is 96.1 cm³/mol. The van der Waals surface area contributed by atoms with Crippen LogP contribution in [-0.2, 0) is 4.79 Å². The number of nitrogens with zero attached hydrogens (tertiary/aromatic N) is 1. The number of hydrogen-bond donors (Lipinski definition) is 1. The van der Waals surface area contributed by atoms with Crippen LogP contribution in [0.2, 0.25) is 0 Å². The first kappa shape index (κ1) is 17.6. The third kappa shape index (κ3) is 4.07. The summed E-state index contributed by atoms with van der Waals surface area (Å²) in [5.74, 6) is -1.23. The highest BCUT2D eigenvalue weighted by Gasteiger charge is 2.30. The number of rotatable bonds is 4. The normalized spacial score (nSPS) is 17.4. The smallest absolute Gasteiger partial charge is 0.306 e. The molecule has 0 bridgehead atoms. The van der Waals surface area contributed by atoms with Crippen molar-refractivity contribution >= 4 is 5.97 Å². The lowest BCUT2D eigenvalue weighted by Crippen LogP contribution is -2.39. The second-order valence-corrected chi connectivity index (χ2v) is 7.03. The number of likely N-dealkylation sites (tertiary alicyclic amines) is 1. The molecule has 25 heavy (non-hydrogen) atoms. The number of aryl methyl sites for hydroxylation is 2. The van der Waals surface area contributed by atoms with Crippen LogP contribution in [-0.4, -0.2) is 29.1 Å². The summed E-state index contributed by atoms with van der Waals surface area (Å²) >= 11 is 0. The second kappa shape index (κ2) is 7.36. The molecule has 1 aliphatic heterocycles. The number of piperidine rings is 1. The minimum atomic E-state index is -0.714. The van der Waals surface area contributed by atoms with Crippen LogP contribution in [0, 0.1) is 25.6 Å². The Bertz CT molecular complexity index is 746. The van der Waals surface area contributed by atoms with Crippen LogP contribution in [0.5, 0.6) is 0 Å². The van der Waals surface area contributed by atoms with Gasteiger partial charge in [-0.15, -0.1) is 0 Å². The van der Waals surface area contributed by atoms with Gasteiger partial charge < -0.3 is 5.11 Å². The van der Waals surface area contributed by atoms with Crippen LogP contribution in [0.15, 0.2) is 42.5 Å². The first-order valence-corrected chi connectivity index (χ1v) is 8.74. The zero-order valence-corrected chi connectivity index (χ0v) is 14.7. The molecule has 1 atom stereocenters. The lowest BCUT2D eigenvalue weighted by Gasteiger charge is -2.37. The Kier molecular flexibility index (Phi) is 5.19. The summed E-state index contributed by atoms with van der Waals surface area (Å²) in [6.45, 7) is 5.53. The molecule has 1 fully saturated rings. The van der Waals surface area contributed by atoms with Gasteiger partial charge in [-0.05, 0) is 63.0 Å². The highest BCUT2D eigenvalue weighted by Crippen LogP contribution is 2.33. The van der Waals surface area contributed by atoms with E-state index in [9.17, 15) is 14.3 Å². The number of carboxylic acid groups (broad SMARTS) is 1. The fraction of sp³-hybridized carbons (Fsp3) is 0.381. The average Bonchev–Trinajstić information content (AvgIpc) is 2.55. The average molecular weight is 341 g/mol. The Hall–Kier alpha value is -2.20. The molecule has 3 nitrogen and oxygen atoms in total. The van der Waals surface area contributed by atoms with E-state index in [1.165, 1.54) is 17.2 Å². The molecule has 0 radical (unpaired) electrons. The maximum Gasteiger partial charge on any atom is 0.306 e. The predicted octanol–water partition coefficient (Wildman–Crippen LogP) is 4.33. The third-order valence-electron chi connectivity index (χ3n) is 4.97. The molecule has 0 saturated carbocycles. The van der Waals surface area contributed by atoms with Gasteiger partial charge in [0.1, 0.15) is 5.82 Å². The van der Waals surface area contributed by atoms with E-state index in [-0.39, 0.29) is 17.8 Å². The molecular formula is C21H24FNO2. The topological polar surface area (TPSA) is 40.5 Å². The number of carbonyl (C=O) groups is 1. The summed E-state index contributed by atoms with van der Waals surface area (Å²) in [4.78, 5) is 13.5. The quantitative estimate of drug-likeness (QED) is 0.900. The van der Waals surface area contributed by atoms with E-state index in [0.717, 1.165) is 11.1 Å². The zero-order valence-electron chi connectivity index (χ0n) is 14.7. The van der Waals surface area contributed by atoms with Crippen molar-refractivity contribution in [3.8, 4) is 0 Å². The Morgan fingerprint density at radius 1 is 1.08 bits per heavy atom. The highest BCUT2D eigenvalue weighted by atomic mass is 19.1. The first-order chi connectivity index (χ1) is 11.9. The van der Waals surface area contributed by atoms with Gasteiger partial charge in [-0.2, -0.15) is 0 Å². The zero-order chi connectivity index (χ0) is 18.0. The van der Waals surface area contributed by atoms with Gasteiger partial charge in [0.25, 0.3) is 0 Å². The monoisotopic (exact) mass is 341 g/mol. The molecule has 3 rings (SSSR count).